The number of fused-ring (bicyclic) bond motifs is 1. The number of hydrogen-bond acceptors (Lipinski definition) is 6. The maximum absolute atomic E-state index is 13.2. The Hall–Kier alpha value is -4.17. The number of carbonyl (C=O) groups is 2. The Balaban J connectivity index is 1.48. The number of aryl methyl sites for hydroxylation is 3. The fourth-order valence-corrected chi connectivity index (χ4v) is 5.12. The van der Waals surface area contributed by atoms with Crippen molar-refractivity contribution < 1.29 is 19.1 Å². The lowest BCUT2D eigenvalue weighted by Gasteiger charge is -2.12. The van der Waals surface area contributed by atoms with Gasteiger partial charge < -0.3 is 24.7 Å². The molecule has 2 aromatic carbocycles. The van der Waals surface area contributed by atoms with E-state index in [4.69, 9.17) is 14.5 Å². The van der Waals surface area contributed by atoms with Gasteiger partial charge in [-0.15, -0.1) is 0 Å². The van der Waals surface area contributed by atoms with Gasteiger partial charge in [0.1, 0.15) is 5.65 Å². The predicted octanol–water partition coefficient (Wildman–Crippen LogP) is 5.61. The highest BCUT2D eigenvalue weighted by atomic mass is 16.5. The van der Waals surface area contributed by atoms with Crippen molar-refractivity contribution in [1.29, 1.82) is 0 Å². The van der Waals surface area contributed by atoms with Crippen LogP contribution in [0.3, 0.4) is 0 Å². The van der Waals surface area contributed by atoms with Gasteiger partial charge >= 0.3 is 5.97 Å². The van der Waals surface area contributed by atoms with Crippen LogP contribution in [-0.2, 0) is 40.2 Å². The van der Waals surface area contributed by atoms with Crippen LogP contribution in [0, 0.1) is 5.92 Å². The molecular weight excluding hydrogens is 504 g/mol. The van der Waals surface area contributed by atoms with Gasteiger partial charge in [0.15, 0.2) is 5.69 Å². The number of nitrogens with one attached hydrogen (secondary N) is 2. The number of aromatic nitrogens is 2. The van der Waals surface area contributed by atoms with Gasteiger partial charge in [-0.3, -0.25) is 4.79 Å². The number of esters is 1. The molecule has 4 aromatic rings. The van der Waals surface area contributed by atoms with E-state index in [1.54, 1.807) is 6.20 Å². The Bertz CT molecular complexity index is 1460. The van der Waals surface area contributed by atoms with E-state index in [0.29, 0.717) is 55.1 Å². The summed E-state index contributed by atoms with van der Waals surface area (Å²) >= 11 is 0. The van der Waals surface area contributed by atoms with Gasteiger partial charge in [0, 0.05) is 25.1 Å². The van der Waals surface area contributed by atoms with Crippen molar-refractivity contribution in [2.24, 2.45) is 5.92 Å². The molecular formula is C32H36N4O4. The third-order valence-electron chi connectivity index (χ3n) is 7.44. The second kappa shape index (κ2) is 12.8. The fourth-order valence-electron chi connectivity index (χ4n) is 5.12. The molecule has 0 aliphatic carbocycles. The molecule has 1 aliphatic heterocycles. The SMILES string of the molecule is CCc1ccc(CNc2cnc3c(c2)c(NC(=O)[C@H]2CCOC2)c(C(=O)OC)n3CCCc2ccccc2)cc1. The van der Waals surface area contributed by atoms with E-state index in [9.17, 15) is 9.59 Å². The van der Waals surface area contributed by atoms with Crippen molar-refractivity contribution >= 4 is 34.3 Å². The Morgan fingerprint density at radius 1 is 1.07 bits per heavy atom. The summed E-state index contributed by atoms with van der Waals surface area (Å²) in [5.41, 5.74) is 5.83. The number of rotatable bonds is 11. The number of carbonyl (C=O) groups excluding carboxylic acids is 2. The first kappa shape index (κ1) is 27.4. The Labute approximate surface area is 234 Å². The van der Waals surface area contributed by atoms with Crippen molar-refractivity contribution in [1.82, 2.24) is 9.55 Å². The number of methoxy groups -OCH3 is 1. The first-order valence-electron chi connectivity index (χ1n) is 13.9. The standard InChI is InChI=1S/C32H36N4O4/c1-3-22-11-13-24(14-12-22)19-33-26-18-27-28(35-31(37)25-15-17-40-21-25)29(32(38)39-2)36(30(27)34-20-26)16-7-10-23-8-5-4-6-9-23/h4-6,8-9,11-14,18,20,25,33H,3,7,10,15-17,19,21H2,1-2H3,(H,35,37)/t25-/m0/s1. The number of pyridine rings is 1. The van der Waals surface area contributed by atoms with Crippen molar-refractivity contribution in [3.05, 3.63) is 89.2 Å². The summed E-state index contributed by atoms with van der Waals surface area (Å²) in [5, 5.41) is 7.18. The summed E-state index contributed by atoms with van der Waals surface area (Å²) in [7, 11) is 1.36. The summed E-state index contributed by atoms with van der Waals surface area (Å²) < 4.78 is 12.5. The molecule has 2 aromatic heterocycles. The summed E-state index contributed by atoms with van der Waals surface area (Å²) in [6.07, 6.45) is 5.06. The second-order valence-electron chi connectivity index (χ2n) is 10.1. The Morgan fingerprint density at radius 2 is 1.85 bits per heavy atom. The molecule has 0 unspecified atom stereocenters. The van der Waals surface area contributed by atoms with Crippen LogP contribution in [0.2, 0.25) is 0 Å². The first-order valence-corrected chi connectivity index (χ1v) is 13.9. The van der Waals surface area contributed by atoms with Gasteiger partial charge in [0.25, 0.3) is 0 Å². The monoisotopic (exact) mass is 540 g/mol. The minimum atomic E-state index is -0.513. The zero-order valence-electron chi connectivity index (χ0n) is 23.1. The molecule has 1 aliphatic rings. The lowest BCUT2D eigenvalue weighted by Crippen LogP contribution is -2.24. The Morgan fingerprint density at radius 3 is 2.55 bits per heavy atom. The second-order valence-corrected chi connectivity index (χ2v) is 10.1. The van der Waals surface area contributed by atoms with Crippen molar-refractivity contribution in [2.45, 2.75) is 45.7 Å². The molecule has 3 heterocycles. The van der Waals surface area contributed by atoms with Gasteiger partial charge in [-0.1, -0.05) is 61.5 Å². The zero-order valence-corrected chi connectivity index (χ0v) is 23.1. The molecule has 0 radical (unpaired) electrons. The largest absolute Gasteiger partial charge is 0.464 e. The molecule has 8 nitrogen and oxygen atoms in total. The van der Waals surface area contributed by atoms with Crippen molar-refractivity contribution in [2.75, 3.05) is 31.0 Å². The zero-order chi connectivity index (χ0) is 27.9. The van der Waals surface area contributed by atoms with Gasteiger partial charge in [-0.2, -0.15) is 0 Å². The van der Waals surface area contributed by atoms with E-state index in [1.165, 1.54) is 18.2 Å². The number of anilines is 2. The van der Waals surface area contributed by atoms with Gasteiger partial charge in [-0.05, 0) is 48.4 Å². The van der Waals surface area contributed by atoms with Crippen molar-refractivity contribution in [3.8, 4) is 0 Å². The van der Waals surface area contributed by atoms with Gasteiger partial charge in [0.2, 0.25) is 5.91 Å². The molecule has 1 fully saturated rings. The molecule has 0 bridgehead atoms. The molecule has 1 amide bonds. The highest BCUT2D eigenvalue weighted by molar-refractivity contribution is 6.11. The predicted molar refractivity (Wildman–Crippen MR) is 157 cm³/mol. The summed E-state index contributed by atoms with van der Waals surface area (Å²) in [6.45, 7) is 4.23. The van der Waals surface area contributed by atoms with E-state index >= 15 is 0 Å². The molecule has 1 atom stereocenters. The Kier molecular flexibility index (Phi) is 8.76. The van der Waals surface area contributed by atoms with E-state index < -0.39 is 5.97 Å². The molecule has 0 spiro atoms. The fraction of sp³-hybridized carbons (Fsp3) is 0.344. The summed E-state index contributed by atoms with van der Waals surface area (Å²) in [5.74, 6) is -0.941. The van der Waals surface area contributed by atoms with Crippen LogP contribution in [0.1, 0.15) is 46.9 Å². The van der Waals surface area contributed by atoms with Crippen LogP contribution in [-0.4, -0.2) is 41.8 Å². The maximum Gasteiger partial charge on any atom is 0.356 e. The average Bonchev–Trinajstić information content (AvgIpc) is 3.64. The van der Waals surface area contributed by atoms with E-state index in [2.05, 4.69) is 54.0 Å². The molecule has 5 rings (SSSR count). The molecule has 2 N–H and O–H groups in total. The quantitative estimate of drug-likeness (QED) is 0.240. The maximum atomic E-state index is 13.2. The highest BCUT2D eigenvalue weighted by Crippen LogP contribution is 2.34. The molecule has 40 heavy (non-hydrogen) atoms. The third kappa shape index (κ3) is 6.18. The number of amides is 1. The van der Waals surface area contributed by atoms with Crippen LogP contribution >= 0.6 is 0 Å². The summed E-state index contributed by atoms with van der Waals surface area (Å²) in [6, 6.07) is 20.7. The smallest absolute Gasteiger partial charge is 0.356 e. The average molecular weight is 541 g/mol. The van der Waals surface area contributed by atoms with Gasteiger partial charge in [0.05, 0.1) is 37.2 Å². The number of ether oxygens (including phenoxy) is 2. The van der Waals surface area contributed by atoms with Crippen LogP contribution in [0.25, 0.3) is 11.0 Å². The lowest BCUT2D eigenvalue weighted by atomic mass is 10.1. The van der Waals surface area contributed by atoms with Crippen LogP contribution in [0.15, 0.2) is 66.9 Å². The molecule has 1 saturated heterocycles. The van der Waals surface area contributed by atoms with Crippen LogP contribution < -0.4 is 10.6 Å². The lowest BCUT2D eigenvalue weighted by molar-refractivity contribution is -0.119. The number of benzene rings is 2. The molecule has 0 saturated carbocycles. The van der Waals surface area contributed by atoms with E-state index in [-0.39, 0.29) is 11.8 Å². The van der Waals surface area contributed by atoms with Gasteiger partial charge in [-0.25, -0.2) is 9.78 Å². The minimum Gasteiger partial charge on any atom is -0.464 e. The number of nitrogens with zero attached hydrogens (tertiary/aromatic N) is 2. The van der Waals surface area contributed by atoms with Crippen LogP contribution in [0.5, 0.6) is 0 Å². The molecule has 208 valence electrons. The molecule has 8 heteroatoms. The topological polar surface area (TPSA) is 94.5 Å². The van der Waals surface area contributed by atoms with Crippen LogP contribution in [0.4, 0.5) is 11.4 Å². The normalized spacial score (nSPS) is 14.8. The first-order chi connectivity index (χ1) is 19.6. The summed E-state index contributed by atoms with van der Waals surface area (Å²) in [4.78, 5) is 31.1. The van der Waals surface area contributed by atoms with E-state index in [1.807, 2.05) is 28.8 Å². The van der Waals surface area contributed by atoms with Crippen molar-refractivity contribution in [3.63, 3.8) is 0 Å². The number of hydrogen-bond donors (Lipinski definition) is 2. The third-order valence-corrected chi connectivity index (χ3v) is 7.44. The van der Waals surface area contributed by atoms with E-state index in [0.717, 1.165) is 30.5 Å². The minimum absolute atomic E-state index is 0.166. The highest BCUT2D eigenvalue weighted by Gasteiger charge is 2.29.